The normalized spacial score (nSPS) is 26.2. The first-order valence-electron chi connectivity index (χ1n) is 15.1. The van der Waals surface area contributed by atoms with Crippen LogP contribution >= 0.6 is 0 Å². The first-order chi connectivity index (χ1) is 20.9. The van der Waals surface area contributed by atoms with E-state index in [2.05, 4.69) is 29.4 Å². The molecular formula is C34H38N4O5. The van der Waals surface area contributed by atoms with Gasteiger partial charge in [-0.1, -0.05) is 48.5 Å². The van der Waals surface area contributed by atoms with Gasteiger partial charge in [0.05, 0.1) is 30.6 Å². The molecule has 3 saturated heterocycles. The van der Waals surface area contributed by atoms with Crippen molar-refractivity contribution in [3.05, 3.63) is 90.5 Å². The second-order valence-corrected chi connectivity index (χ2v) is 11.5. The van der Waals surface area contributed by atoms with Crippen LogP contribution in [0, 0.1) is 11.8 Å². The summed E-state index contributed by atoms with van der Waals surface area (Å²) in [7, 11) is 0. The van der Waals surface area contributed by atoms with Crippen LogP contribution in [-0.4, -0.2) is 65.2 Å². The minimum absolute atomic E-state index is 0.301. The fourth-order valence-electron chi connectivity index (χ4n) is 7.36. The van der Waals surface area contributed by atoms with Crippen molar-refractivity contribution < 1.29 is 24.2 Å². The molecule has 3 aromatic carbocycles. The van der Waals surface area contributed by atoms with Gasteiger partial charge < -0.3 is 30.3 Å². The zero-order valence-corrected chi connectivity index (χ0v) is 24.5. The molecule has 6 rings (SSSR count). The van der Waals surface area contributed by atoms with Crippen LogP contribution in [0.4, 0.5) is 17.1 Å². The van der Waals surface area contributed by atoms with Crippen LogP contribution in [0.5, 0.6) is 0 Å². The van der Waals surface area contributed by atoms with Crippen molar-refractivity contribution in [2.24, 2.45) is 11.8 Å². The van der Waals surface area contributed by atoms with Crippen LogP contribution < -0.4 is 15.5 Å². The molecule has 1 spiro atoms. The lowest BCUT2D eigenvalue weighted by Gasteiger charge is -2.36. The molecule has 3 aromatic rings. The number of carbonyl (C=O) groups is 3. The maximum absolute atomic E-state index is 14.4. The SMILES string of the molecule is CCN(CC)c1ccc(NC(=O)C2N([C@H](CO)c3ccccc3)C(=O)[C@@H]3[C@H](C(=O)Nc4ccccc4)[C@@H]4CCC23O4)cc1. The number of likely N-dealkylation sites (tertiary alicyclic amines) is 1. The summed E-state index contributed by atoms with van der Waals surface area (Å²) >= 11 is 0. The van der Waals surface area contributed by atoms with Crippen molar-refractivity contribution in [1.29, 1.82) is 0 Å². The molecule has 3 heterocycles. The third kappa shape index (κ3) is 4.96. The van der Waals surface area contributed by atoms with E-state index < -0.39 is 41.5 Å². The van der Waals surface area contributed by atoms with E-state index in [1.54, 1.807) is 12.1 Å². The molecule has 224 valence electrons. The number of amides is 3. The average Bonchev–Trinajstić information content (AvgIpc) is 3.68. The van der Waals surface area contributed by atoms with Gasteiger partial charge in [0.2, 0.25) is 17.7 Å². The van der Waals surface area contributed by atoms with Gasteiger partial charge in [-0.15, -0.1) is 0 Å². The summed E-state index contributed by atoms with van der Waals surface area (Å²) in [6, 6.07) is 24.1. The molecule has 9 heteroatoms. The first kappa shape index (κ1) is 28.9. The number of carbonyl (C=O) groups excluding carboxylic acids is 3. The molecule has 2 bridgehead atoms. The molecule has 3 aliphatic rings. The summed E-state index contributed by atoms with van der Waals surface area (Å²) < 4.78 is 6.57. The summed E-state index contributed by atoms with van der Waals surface area (Å²) in [6.07, 6.45) is 0.542. The predicted molar refractivity (Wildman–Crippen MR) is 164 cm³/mol. The minimum Gasteiger partial charge on any atom is -0.394 e. The first-order valence-corrected chi connectivity index (χ1v) is 15.1. The van der Waals surface area contributed by atoms with Gasteiger partial charge in [0.15, 0.2) is 0 Å². The third-order valence-corrected chi connectivity index (χ3v) is 9.29. The Morgan fingerprint density at radius 1 is 0.930 bits per heavy atom. The Hall–Kier alpha value is -4.21. The largest absolute Gasteiger partial charge is 0.394 e. The number of rotatable bonds is 10. The highest BCUT2D eigenvalue weighted by Gasteiger charge is 2.75. The molecule has 2 unspecified atom stereocenters. The molecule has 9 nitrogen and oxygen atoms in total. The Morgan fingerprint density at radius 3 is 2.16 bits per heavy atom. The summed E-state index contributed by atoms with van der Waals surface area (Å²) in [4.78, 5) is 46.1. The van der Waals surface area contributed by atoms with Gasteiger partial charge in [-0.05, 0) is 68.7 Å². The minimum atomic E-state index is -1.19. The van der Waals surface area contributed by atoms with Crippen molar-refractivity contribution in [1.82, 2.24) is 4.90 Å². The number of nitrogens with one attached hydrogen (secondary N) is 2. The fraction of sp³-hybridized carbons (Fsp3) is 0.382. The molecule has 0 aromatic heterocycles. The van der Waals surface area contributed by atoms with E-state index in [0.717, 1.165) is 18.8 Å². The number of benzene rings is 3. The maximum Gasteiger partial charge on any atom is 0.250 e. The van der Waals surface area contributed by atoms with Crippen LogP contribution in [0.25, 0.3) is 0 Å². The fourth-order valence-corrected chi connectivity index (χ4v) is 7.36. The van der Waals surface area contributed by atoms with Crippen molar-refractivity contribution in [2.75, 3.05) is 35.2 Å². The summed E-state index contributed by atoms with van der Waals surface area (Å²) in [5.74, 6) is -2.66. The van der Waals surface area contributed by atoms with Crippen molar-refractivity contribution in [3.63, 3.8) is 0 Å². The Labute approximate surface area is 251 Å². The zero-order valence-electron chi connectivity index (χ0n) is 24.5. The number of hydrogen-bond donors (Lipinski definition) is 3. The smallest absolute Gasteiger partial charge is 0.250 e. The van der Waals surface area contributed by atoms with Gasteiger partial charge in [-0.25, -0.2) is 0 Å². The zero-order chi connectivity index (χ0) is 30.1. The van der Waals surface area contributed by atoms with Gasteiger partial charge in [-0.2, -0.15) is 0 Å². The maximum atomic E-state index is 14.4. The molecule has 3 amide bonds. The second kappa shape index (κ2) is 11.8. The van der Waals surface area contributed by atoms with Crippen LogP contribution in [0.15, 0.2) is 84.9 Å². The Bertz CT molecular complexity index is 1460. The molecule has 0 radical (unpaired) electrons. The second-order valence-electron chi connectivity index (χ2n) is 11.5. The number of anilines is 3. The number of aliphatic hydroxyl groups excluding tert-OH is 1. The lowest BCUT2D eigenvalue weighted by Crippen LogP contribution is -2.54. The molecule has 43 heavy (non-hydrogen) atoms. The number of hydrogen-bond acceptors (Lipinski definition) is 6. The summed E-state index contributed by atoms with van der Waals surface area (Å²) in [5, 5.41) is 16.6. The van der Waals surface area contributed by atoms with Crippen LogP contribution in [0.3, 0.4) is 0 Å². The van der Waals surface area contributed by atoms with Gasteiger partial charge in [0, 0.05) is 30.2 Å². The summed E-state index contributed by atoms with van der Waals surface area (Å²) in [5.41, 5.74) is 1.80. The molecule has 3 fully saturated rings. The number of para-hydroxylation sites is 1. The van der Waals surface area contributed by atoms with Crippen molar-refractivity contribution in [2.45, 2.75) is 50.5 Å². The highest BCUT2D eigenvalue weighted by atomic mass is 16.5. The molecular weight excluding hydrogens is 544 g/mol. The van der Waals surface area contributed by atoms with Gasteiger partial charge >= 0.3 is 0 Å². The lowest BCUT2D eigenvalue weighted by molar-refractivity contribution is -0.143. The van der Waals surface area contributed by atoms with Gasteiger partial charge in [0.1, 0.15) is 11.6 Å². The quantitative estimate of drug-likeness (QED) is 0.330. The molecule has 0 saturated carbocycles. The van der Waals surface area contributed by atoms with Crippen LogP contribution in [-0.2, 0) is 19.1 Å². The highest BCUT2D eigenvalue weighted by Crippen LogP contribution is 2.59. The molecule has 3 N–H and O–H groups in total. The average molecular weight is 583 g/mol. The van der Waals surface area contributed by atoms with Gasteiger partial charge in [0.25, 0.3) is 0 Å². The van der Waals surface area contributed by atoms with Crippen molar-refractivity contribution in [3.8, 4) is 0 Å². The van der Waals surface area contributed by atoms with E-state index in [4.69, 9.17) is 4.74 Å². The Balaban J connectivity index is 1.35. The molecule has 6 atom stereocenters. The lowest BCUT2D eigenvalue weighted by atomic mass is 9.70. The predicted octanol–water partition coefficient (Wildman–Crippen LogP) is 4.22. The third-order valence-electron chi connectivity index (χ3n) is 9.29. The Morgan fingerprint density at radius 2 is 1.53 bits per heavy atom. The van der Waals surface area contributed by atoms with Crippen molar-refractivity contribution >= 4 is 34.8 Å². The summed E-state index contributed by atoms with van der Waals surface area (Å²) in [6.45, 7) is 5.53. The number of ether oxygens (including phenoxy) is 1. The number of fused-ring (bicyclic) bond motifs is 1. The Kier molecular flexibility index (Phi) is 7.94. The van der Waals surface area contributed by atoms with Crippen LogP contribution in [0.2, 0.25) is 0 Å². The van der Waals surface area contributed by atoms with Crippen LogP contribution in [0.1, 0.15) is 38.3 Å². The van der Waals surface area contributed by atoms with E-state index in [9.17, 15) is 19.5 Å². The topological polar surface area (TPSA) is 111 Å². The van der Waals surface area contributed by atoms with E-state index in [-0.39, 0.29) is 18.4 Å². The number of aliphatic hydroxyl groups is 1. The standard InChI is InChI=1S/C34H38N4O5/c1-3-37(4-2)25-17-15-24(16-18-25)36-32(41)30-34-20-19-27(43-34)28(31(40)35-23-13-9-6-10-14-23)29(34)33(42)38(30)26(21-39)22-11-7-5-8-12-22/h5-18,26-30,39H,3-4,19-21H2,1-2H3,(H,35,40)(H,36,41)/t26-,27+,28-,29+,30?,34?/m1/s1. The van der Waals surface area contributed by atoms with E-state index in [1.807, 2.05) is 72.8 Å². The van der Waals surface area contributed by atoms with E-state index in [0.29, 0.717) is 29.8 Å². The molecule has 3 aliphatic heterocycles. The van der Waals surface area contributed by atoms with Gasteiger partial charge in [-0.3, -0.25) is 14.4 Å². The highest BCUT2D eigenvalue weighted by molar-refractivity contribution is 6.05. The van der Waals surface area contributed by atoms with E-state index >= 15 is 0 Å². The monoisotopic (exact) mass is 582 g/mol. The molecule has 0 aliphatic carbocycles. The number of nitrogens with zero attached hydrogens (tertiary/aromatic N) is 2. The van der Waals surface area contributed by atoms with E-state index in [1.165, 1.54) is 4.90 Å².